The van der Waals surface area contributed by atoms with Gasteiger partial charge in [-0.2, -0.15) is 0 Å². The van der Waals surface area contributed by atoms with E-state index in [2.05, 4.69) is 15.0 Å². The van der Waals surface area contributed by atoms with E-state index in [0.29, 0.717) is 5.69 Å². The quantitative estimate of drug-likeness (QED) is 0.639. The number of carbonyl (C=O) groups excluding carboxylic acids is 1. The molecule has 2 N–H and O–H groups in total. The van der Waals surface area contributed by atoms with Gasteiger partial charge in [0.25, 0.3) is 15.9 Å². The van der Waals surface area contributed by atoms with Gasteiger partial charge in [0.05, 0.1) is 33.4 Å². The number of hydrogen-bond donors (Lipinski definition) is 2. The fourth-order valence-corrected chi connectivity index (χ4v) is 3.66. The van der Waals surface area contributed by atoms with Gasteiger partial charge in [0.15, 0.2) is 0 Å². The van der Waals surface area contributed by atoms with Gasteiger partial charge in [-0.3, -0.25) is 14.5 Å². The Balaban J connectivity index is 1.82. The summed E-state index contributed by atoms with van der Waals surface area (Å²) in [6, 6.07) is 14.3. The number of hydrogen-bond acceptors (Lipinski definition) is 4. The monoisotopic (exact) mass is 419 g/mol. The SMILES string of the molecule is O=C(NCc1ccccn1)c1cc(S(=O)(=O)Nc2ccccc2F)ccc1Cl. The largest absolute Gasteiger partial charge is 0.346 e. The zero-order valence-electron chi connectivity index (χ0n) is 14.4. The van der Waals surface area contributed by atoms with Crippen LogP contribution in [0.3, 0.4) is 0 Å². The highest BCUT2D eigenvalue weighted by atomic mass is 35.5. The molecule has 6 nitrogen and oxygen atoms in total. The summed E-state index contributed by atoms with van der Waals surface area (Å²) in [5.74, 6) is -1.27. The number of para-hydroxylation sites is 1. The average molecular weight is 420 g/mol. The smallest absolute Gasteiger partial charge is 0.262 e. The van der Waals surface area contributed by atoms with Crippen molar-refractivity contribution in [1.82, 2.24) is 10.3 Å². The third-order valence-corrected chi connectivity index (χ3v) is 5.46. The van der Waals surface area contributed by atoms with Crippen molar-refractivity contribution in [3.05, 3.63) is 89.0 Å². The third-order valence-electron chi connectivity index (χ3n) is 3.77. The van der Waals surface area contributed by atoms with Gasteiger partial charge in [-0.1, -0.05) is 29.8 Å². The van der Waals surface area contributed by atoms with Crippen LogP contribution in [0.5, 0.6) is 0 Å². The minimum atomic E-state index is -4.12. The minimum Gasteiger partial charge on any atom is -0.346 e. The maximum Gasteiger partial charge on any atom is 0.262 e. The van der Waals surface area contributed by atoms with Crippen LogP contribution >= 0.6 is 11.6 Å². The van der Waals surface area contributed by atoms with Gasteiger partial charge in [0.2, 0.25) is 0 Å². The summed E-state index contributed by atoms with van der Waals surface area (Å²) in [5.41, 5.74) is 0.421. The van der Waals surface area contributed by atoms with Gasteiger partial charge < -0.3 is 5.32 Å². The molecule has 0 saturated carbocycles. The Morgan fingerprint density at radius 1 is 1.07 bits per heavy atom. The molecule has 0 aliphatic heterocycles. The first-order valence-electron chi connectivity index (χ1n) is 8.12. The van der Waals surface area contributed by atoms with Crippen molar-refractivity contribution < 1.29 is 17.6 Å². The van der Waals surface area contributed by atoms with Crippen LogP contribution < -0.4 is 10.0 Å². The lowest BCUT2D eigenvalue weighted by molar-refractivity contribution is 0.0950. The van der Waals surface area contributed by atoms with Crippen molar-refractivity contribution in [2.24, 2.45) is 0 Å². The van der Waals surface area contributed by atoms with Gasteiger partial charge in [-0.05, 0) is 42.5 Å². The van der Waals surface area contributed by atoms with E-state index in [9.17, 15) is 17.6 Å². The number of nitrogens with one attached hydrogen (secondary N) is 2. The van der Waals surface area contributed by atoms with Crippen molar-refractivity contribution in [3.8, 4) is 0 Å². The van der Waals surface area contributed by atoms with Crippen molar-refractivity contribution in [3.63, 3.8) is 0 Å². The highest BCUT2D eigenvalue weighted by Crippen LogP contribution is 2.23. The first-order valence-corrected chi connectivity index (χ1v) is 9.98. The number of carbonyl (C=O) groups is 1. The number of aromatic nitrogens is 1. The zero-order chi connectivity index (χ0) is 20.1. The molecule has 0 spiro atoms. The molecule has 0 aliphatic carbocycles. The lowest BCUT2D eigenvalue weighted by Gasteiger charge is -2.11. The Kier molecular flexibility index (Phi) is 5.91. The molecule has 0 saturated heterocycles. The van der Waals surface area contributed by atoms with Crippen molar-refractivity contribution in [2.45, 2.75) is 11.4 Å². The summed E-state index contributed by atoms with van der Waals surface area (Å²) in [4.78, 5) is 16.3. The number of rotatable bonds is 6. The number of pyridine rings is 1. The molecule has 0 radical (unpaired) electrons. The van der Waals surface area contributed by atoms with Gasteiger partial charge >= 0.3 is 0 Å². The van der Waals surface area contributed by atoms with E-state index < -0.39 is 21.7 Å². The first kappa shape index (κ1) is 19.8. The normalized spacial score (nSPS) is 11.1. The minimum absolute atomic E-state index is 0.0194. The Morgan fingerprint density at radius 3 is 2.54 bits per heavy atom. The molecule has 2 aromatic carbocycles. The van der Waals surface area contributed by atoms with E-state index in [1.807, 2.05) is 0 Å². The van der Waals surface area contributed by atoms with E-state index in [0.717, 1.165) is 12.1 Å². The van der Waals surface area contributed by atoms with Gasteiger partial charge in [-0.15, -0.1) is 0 Å². The summed E-state index contributed by atoms with van der Waals surface area (Å²) in [7, 11) is -4.12. The first-order chi connectivity index (χ1) is 13.4. The number of nitrogens with zero attached hydrogens (tertiary/aromatic N) is 1. The maximum atomic E-state index is 13.8. The summed E-state index contributed by atoms with van der Waals surface area (Å²) < 4.78 is 41.0. The van der Waals surface area contributed by atoms with Crippen LogP contribution in [0.15, 0.2) is 71.8 Å². The summed E-state index contributed by atoms with van der Waals surface area (Å²) in [6.45, 7) is 0.153. The Morgan fingerprint density at radius 2 is 1.82 bits per heavy atom. The molecule has 0 unspecified atom stereocenters. The highest BCUT2D eigenvalue weighted by molar-refractivity contribution is 7.92. The van der Waals surface area contributed by atoms with Gasteiger partial charge in [0, 0.05) is 6.20 Å². The third kappa shape index (κ3) is 4.65. The Hall–Kier alpha value is -2.97. The molecular weight excluding hydrogens is 405 g/mol. The van der Waals surface area contributed by atoms with Crippen LogP contribution in [-0.4, -0.2) is 19.3 Å². The van der Waals surface area contributed by atoms with Crippen molar-refractivity contribution in [2.75, 3.05) is 4.72 Å². The van der Waals surface area contributed by atoms with Crippen molar-refractivity contribution in [1.29, 1.82) is 0 Å². The fourth-order valence-electron chi connectivity index (χ4n) is 2.36. The lowest BCUT2D eigenvalue weighted by Crippen LogP contribution is -2.24. The van der Waals surface area contributed by atoms with E-state index >= 15 is 0 Å². The van der Waals surface area contributed by atoms with Crippen LogP contribution in [-0.2, 0) is 16.6 Å². The second-order valence-electron chi connectivity index (χ2n) is 5.73. The number of anilines is 1. The molecule has 0 bridgehead atoms. The van der Waals surface area contributed by atoms with Crippen LogP contribution in [0.2, 0.25) is 5.02 Å². The molecule has 28 heavy (non-hydrogen) atoms. The molecular formula is C19H15ClFN3O3S. The van der Waals surface area contributed by atoms with E-state index in [4.69, 9.17) is 11.6 Å². The number of benzene rings is 2. The highest BCUT2D eigenvalue weighted by Gasteiger charge is 2.20. The van der Waals surface area contributed by atoms with Crippen LogP contribution in [0.1, 0.15) is 16.1 Å². The molecule has 9 heteroatoms. The molecule has 144 valence electrons. The Bertz CT molecular complexity index is 1110. The predicted molar refractivity (Wildman–Crippen MR) is 104 cm³/mol. The molecule has 1 amide bonds. The average Bonchev–Trinajstić information content (AvgIpc) is 2.69. The van der Waals surface area contributed by atoms with Crippen molar-refractivity contribution >= 4 is 33.2 Å². The van der Waals surface area contributed by atoms with Crippen LogP contribution in [0, 0.1) is 5.82 Å². The topological polar surface area (TPSA) is 88.2 Å². The molecule has 0 aliphatic rings. The number of sulfonamides is 1. The second kappa shape index (κ2) is 8.37. The summed E-state index contributed by atoms with van der Waals surface area (Å²) in [5, 5.41) is 2.72. The van der Waals surface area contributed by atoms with Gasteiger partial charge in [0.1, 0.15) is 5.82 Å². The van der Waals surface area contributed by atoms with Gasteiger partial charge in [-0.25, -0.2) is 12.8 Å². The molecule has 0 atom stereocenters. The standard InChI is InChI=1S/C19H15ClFN3O3S/c20-16-9-8-14(28(26,27)24-18-7-2-1-6-17(18)21)11-15(16)19(25)23-12-13-5-3-4-10-22-13/h1-11,24H,12H2,(H,23,25). The predicted octanol–water partition coefficient (Wildman–Crippen LogP) is 3.60. The molecule has 0 fully saturated rings. The van der Waals surface area contributed by atoms with E-state index in [-0.39, 0.29) is 27.7 Å². The number of amides is 1. The second-order valence-corrected chi connectivity index (χ2v) is 7.82. The summed E-state index contributed by atoms with van der Waals surface area (Å²) >= 11 is 6.06. The van der Waals surface area contributed by atoms with Crippen LogP contribution in [0.25, 0.3) is 0 Å². The fraction of sp³-hybridized carbons (Fsp3) is 0.0526. The molecule has 1 heterocycles. The van der Waals surface area contributed by atoms with Crippen LogP contribution in [0.4, 0.5) is 10.1 Å². The maximum absolute atomic E-state index is 13.8. The molecule has 3 rings (SSSR count). The molecule has 3 aromatic rings. The number of halogens is 2. The molecule has 1 aromatic heterocycles. The lowest BCUT2D eigenvalue weighted by atomic mass is 10.2. The van der Waals surface area contributed by atoms with E-state index in [1.54, 1.807) is 24.4 Å². The summed E-state index contributed by atoms with van der Waals surface area (Å²) in [6.07, 6.45) is 1.59. The zero-order valence-corrected chi connectivity index (χ0v) is 16.0. The van der Waals surface area contributed by atoms with E-state index in [1.165, 1.54) is 30.3 Å². The Labute approximate surface area is 166 Å².